The first-order chi connectivity index (χ1) is 11.8. The Hall–Kier alpha value is -2.70. The number of benzene rings is 1. The van der Waals surface area contributed by atoms with Gasteiger partial charge in [-0.15, -0.1) is 0 Å². The van der Waals surface area contributed by atoms with Crippen LogP contribution in [-0.2, 0) is 20.8 Å². The Kier molecular flexibility index (Phi) is 5.90. The van der Waals surface area contributed by atoms with Crippen molar-refractivity contribution in [2.75, 3.05) is 6.54 Å². The largest absolute Gasteiger partial charge is 0.481 e. The zero-order chi connectivity index (χ0) is 18.6. The summed E-state index contributed by atoms with van der Waals surface area (Å²) >= 11 is 0. The highest BCUT2D eigenvalue weighted by molar-refractivity contribution is 6.03. The molecule has 1 fully saturated rings. The Balaban J connectivity index is 2.04. The van der Waals surface area contributed by atoms with Gasteiger partial charge in [0.25, 0.3) is 5.91 Å². The topological polar surface area (TPSA) is 104 Å². The van der Waals surface area contributed by atoms with E-state index in [-0.39, 0.29) is 49.1 Å². The van der Waals surface area contributed by atoms with Crippen LogP contribution in [0.3, 0.4) is 0 Å². The normalized spacial score (nSPS) is 16.8. The van der Waals surface area contributed by atoms with Crippen molar-refractivity contribution in [1.82, 2.24) is 10.2 Å². The zero-order valence-electron chi connectivity index (χ0n) is 14.3. The van der Waals surface area contributed by atoms with Crippen molar-refractivity contribution >= 4 is 23.7 Å². The van der Waals surface area contributed by atoms with Crippen LogP contribution in [0.5, 0.6) is 0 Å². The van der Waals surface area contributed by atoms with Crippen molar-refractivity contribution in [2.45, 2.75) is 39.2 Å². The standard InChI is InChI=1S/C18H22N2O5/c1-11(2)20(8-7-16(22)23)18(25)13-5-3-12(4-6-13)9-14-10-15(21)19-17(14)24/h3-6,11,14H,7-10H2,1-2H3,(H,22,23)(H,19,21,24). The molecule has 25 heavy (non-hydrogen) atoms. The second-order valence-corrected chi connectivity index (χ2v) is 6.45. The van der Waals surface area contributed by atoms with Gasteiger partial charge < -0.3 is 10.0 Å². The third-order valence-corrected chi connectivity index (χ3v) is 4.20. The molecule has 1 atom stereocenters. The first kappa shape index (κ1) is 18.6. The molecule has 1 aromatic carbocycles. The van der Waals surface area contributed by atoms with Crippen LogP contribution in [-0.4, -0.2) is 46.3 Å². The van der Waals surface area contributed by atoms with Crippen LogP contribution < -0.4 is 5.32 Å². The molecule has 134 valence electrons. The van der Waals surface area contributed by atoms with E-state index in [1.165, 1.54) is 4.90 Å². The molecule has 0 spiro atoms. The van der Waals surface area contributed by atoms with Gasteiger partial charge in [0.15, 0.2) is 0 Å². The second-order valence-electron chi connectivity index (χ2n) is 6.45. The molecule has 1 aromatic rings. The third-order valence-electron chi connectivity index (χ3n) is 4.20. The molecule has 0 saturated carbocycles. The highest BCUT2D eigenvalue weighted by Crippen LogP contribution is 2.18. The predicted octanol–water partition coefficient (Wildman–Crippen LogP) is 1.22. The average molecular weight is 346 g/mol. The van der Waals surface area contributed by atoms with Gasteiger partial charge >= 0.3 is 5.97 Å². The van der Waals surface area contributed by atoms with Crippen LogP contribution in [0.1, 0.15) is 42.6 Å². The van der Waals surface area contributed by atoms with Gasteiger partial charge in [0.1, 0.15) is 0 Å². The number of imide groups is 1. The number of nitrogens with one attached hydrogen (secondary N) is 1. The highest BCUT2D eigenvalue weighted by atomic mass is 16.4. The van der Waals surface area contributed by atoms with Crippen molar-refractivity contribution in [1.29, 1.82) is 0 Å². The molecule has 0 bridgehead atoms. The van der Waals surface area contributed by atoms with E-state index in [1.807, 2.05) is 13.8 Å². The SMILES string of the molecule is CC(C)N(CCC(=O)O)C(=O)c1ccc(CC2CC(=O)NC2=O)cc1. The number of carbonyl (C=O) groups is 4. The van der Waals surface area contributed by atoms with Crippen molar-refractivity contribution in [2.24, 2.45) is 5.92 Å². The summed E-state index contributed by atoms with van der Waals surface area (Å²) in [5.41, 5.74) is 1.34. The quantitative estimate of drug-likeness (QED) is 0.723. The first-order valence-corrected chi connectivity index (χ1v) is 8.23. The van der Waals surface area contributed by atoms with E-state index in [0.29, 0.717) is 12.0 Å². The number of hydrogen-bond acceptors (Lipinski definition) is 4. The molecule has 2 rings (SSSR count). The molecule has 0 aromatic heterocycles. The summed E-state index contributed by atoms with van der Waals surface area (Å²) in [6.45, 7) is 3.83. The van der Waals surface area contributed by atoms with E-state index in [4.69, 9.17) is 5.11 Å². The Morgan fingerprint density at radius 2 is 1.88 bits per heavy atom. The van der Waals surface area contributed by atoms with Gasteiger partial charge in [-0.3, -0.25) is 24.5 Å². The fourth-order valence-electron chi connectivity index (χ4n) is 2.82. The van der Waals surface area contributed by atoms with E-state index in [9.17, 15) is 19.2 Å². The number of rotatable bonds is 7. The molecule has 1 saturated heterocycles. The summed E-state index contributed by atoms with van der Waals surface area (Å²) in [6, 6.07) is 6.75. The van der Waals surface area contributed by atoms with Crippen molar-refractivity contribution in [3.05, 3.63) is 35.4 Å². The molecule has 3 amide bonds. The van der Waals surface area contributed by atoms with Crippen LogP contribution >= 0.6 is 0 Å². The van der Waals surface area contributed by atoms with Crippen LogP contribution in [0.25, 0.3) is 0 Å². The Bertz CT molecular complexity index is 681. The molecule has 1 aliphatic rings. The Morgan fingerprint density at radius 3 is 2.36 bits per heavy atom. The lowest BCUT2D eigenvalue weighted by atomic mass is 9.97. The van der Waals surface area contributed by atoms with Gasteiger partial charge in [-0.25, -0.2) is 0 Å². The van der Waals surface area contributed by atoms with E-state index >= 15 is 0 Å². The van der Waals surface area contributed by atoms with Gasteiger partial charge in [-0.2, -0.15) is 0 Å². The minimum absolute atomic E-state index is 0.104. The molecule has 2 N–H and O–H groups in total. The van der Waals surface area contributed by atoms with Crippen molar-refractivity contribution in [3.8, 4) is 0 Å². The van der Waals surface area contributed by atoms with Gasteiger partial charge in [-0.05, 0) is 38.0 Å². The molecule has 1 heterocycles. The van der Waals surface area contributed by atoms with Crippen LogP contribution in [0.2, 0.25) is 0 Å². The fraction of sp³-hybridized carbons (Fsp3) is 0.444. The van der Waals surface area contributed by atoms with Gasteiger partial charge in [-0.1, -0.05) is 12.1 Å². The van der Waals surface area contributed by atoms with Crippen LogP contribution in [0.4, 0.5) is 0 Å². The maximum absolute atomic E-state index is 12.6. The Morgan fingerprint density at radius 1 is 1.24 bits per heavy atom. The number of amides is 3. The number of carboxylic acids is 1. The molecular weight excluding hydrogens is 324 g/mol. The summed E-state index contributed by atoms with van der Waals surface area (Å²) in [4.78, 5) is 47.7. The lowest BCUT2D eigenvalue weighted by molar-refractivity contribution is -0.137. The summed E-state index contributed by atoms with van der Waals surface area (Å²) < 4.78 is 0. The van der Waals surface area contributed by atoms with E-state index in [1.54, 1.807) is 24.3 Å². The summed E-state index contributed by atoms with van der Waals surface area (Å²) in [7, 11) is 0. The number of carbonyl (C=O) groups excluding carboxylic acids is 3. The van der Waals surface area contributed by atoms with Crippen LogP contribution in [0, 0.1) is 5.92 Å². The van der Waals surface area contributed by atoms with E-state index in [0.717, 1.165) is 5.56 Å². The third kappa shape index (κ3) is 4.89. The second kappa shape index (κ2) is 7.92. The molecule has 0 radical (unpaired) electrons. The number of nitrogens with zero attached hydrogens (tertiary/aromatic N) is 1. The van der Waals surface area contributed by atoms with Gasteiger partial charge in [0, 0.05) is 24.6 Å². The molecule has 0 aliphatic carbocycles. The molecule has 7 heteroatoms. The van der Waals surface area contributed by atoms with Crippen molar-refractivity contribution < 1.29 is 24.3 Å². The molecule has 1 aliphatic heterocycles. The summed E-state index contributed by atoms with van der Waals surface area (Å²) in [5, 5.41) is 11.1. The fourth-order valence-corrected chi connectivity index (χ4v) is 2.82. The Labute approximate surface area is 146 Å². The zero-order valence-corrected chi connectivity index (χ0v) is 14.3. The first-order valence-electron chi connectivity index (χ1n) is 8.23. The average Bonchev–Trinajstić information content (AvgIpc) is 2.85. The van der Waals surface area contributed by atoms with Gasteiger partial charge in [0.2, 0.25) is 11.8 Å². The van der Waals surface area contributed by atoms with Crippen molar-refractivity contribution in [3.63, 3.8) is 0 Å². The highest BCUT2D eigenvalue weighted by Gasteiger charge is 2.30. The lowest BCUT2D eigenvalue weighted by Gasteiger charge is -2.26. The molecule has 1 unspecified atom stereocenters. The van der Waals surface area contributed by atoms with E-state index < -0.39 is 5.97 Å². The smallest absolute Gasteiger partial charge is 0.305 e. The minimum atomic E-state index is -0.946. The summed E-state index contributed by atoms with van der Waals surface area (Å²) in [5.74, 6) is -2.05. The van der Waals surface area contributed by atoms with Gasteiger partial charge in [0.05, 0.1) is 12.3 Å². The van der Waals surface area contributed by atoms with Crippen LogP contribution in [0.15, 0.2) is 24.3 Å². The number of aliphatic carboxylic acids is 1. The molecular formula is C18H22N2O5. The maximum atomic E-state index is 12.6. The number of hydrogen-bond donors (Lipinski definition) is 2. The maximum Gasteiger partial charge on any atom is 0.305 e. The molecule has 7 nitrogen and oxygen atoms in total. The predicted molar refractivity (Wildman–Crippen MR) is 89.8 cm³/mol. The number of carboxylic acid groups (broad SMARTS) is 1. The van der Waals surface area contributed by atoms with E-state index in [2.05, 4.69) is 5.32 Å². The summed E-state index contributed by atoms with van der Waals surface area (Å²) in [6.07, 6.45) is 0.529. The minimum Gasteiger partial charge on any atom is -0.481 e. The lowest BCUT2D eigenvalue weighted by Crippen LogP contribution is -2.38. The monoisotopic (exact) mass is 346 g/mol.